The molecule has 0 heterocycles. The fraction of sp³-hybridized carbons (Fsp3) is 0.164. The van der Waals surface area contributed by atoms with Gasteiger partial charge in [0.2, 0.25) is 0 Å². The standard InChI is InChI=1S/C67H62N2/c1-3-5-19-50(4-2)54-34-42-60(43-35-54)68(61-44-36-55(37-45-61)51-20-9-6-10-21-51)66-28-17-15-26-64(66)58-30-32-59(33-31-58)65-27-16-18-29-67(65)69(62-46-38-56(39-47-62)52-22-11-7-12-23-52)63-48-40-57(41-49-63)53-24-13-8-14-25-53/h4-7,9-13,16-25,27-30,32,34-46,48-49,62H,3,8,14-15,26,31,33,47H2,1-2H3/b19-5-,50-4+. The Hall–Kier alpha value is -7.68. The summed E-state index contributed by atoms with van der Waals surface area (Å²) < 4.78 is 0. The van der Waals surface area contributed by atoms with Crippen molar-refractivity contribution in [3.05, 3.63) is 276 Å². The van der Waals surface area contributed by atoms with Crippen LogP contribution in [0.2, 0.25) is 0 Å². The van der Waals surface area contributed by atoms with Gasteiger partial charge >= 0.3 is 0 Å². The minimum Gasteiger partial charge on any atom is -0.334 e. The molecule has 0 aromatic heterocycles. The van der Waals surface area contributed by atoms with Crippen molar-refractivity contribution >= 4 is 45.0 Å². The molecule has 10 rings (SSSR count). The molecule has 4 aliphatic carbocycles. The van der Waals surface area contributed by atoms with Gasteiger partial charge in [-0.2, -0.15) is 0 Å². The lowest BCUT2D eigenvalue weighted by Gasteiger charge is -2.35. The van der Waals surface area contributed by atoms with E-state index in [-0.39, 0.29) is 6.04 Å². The Kier molecular flexibility index (Phi) is 14.1. The van der Waals surface area contributed by atoms with Crippen LogP contribution >= 0.6 is 0 Å². The van der Waals surface area contributed by atoms with E-state index in [1.54, 1.807) is 0 Å². The quantitative estimate of drug-likeness (QED) is 0.101. The van der Waals surface area contributed by atoms with Crippen LogP contribution in [0.3, 0.4) is 0 Å². The highest BCUT2D eigenvalue weighted by Gasteiger charge is 2.27. The highest BCUT2D eigenvalue weighted by Crippen LogP contribution is 2.44. The van der Waals surface area contributed by atoms with Gasteiger partial charge in [-0.05, 0) is 168 Å². The van der Waals surface area contributed by atoms with E-state index in [0.29, 0.717) is 0 Å². The number of para-hydroxylation sites is 1. The molecule has 0 aliphatic heterocycles. The van der Waals surface area contributed by atoms with Gasteiger partial charge in [0.15, 0.2) is 0 Å². The molecule has 0 amide bonds. The molecule has 0 radical (unpaired) electrons. The molecule has 69 heavy (non-hydrogen) atoms. The van der Waals surface area contributed by atoms with Crippen LogP contribution in [0.4, 0.5) is 22.7 Å². The van der Waals surface area contributed by atoms with Gasteiger partial charge in [-0.25, -0.2) is 0 Å². The van der Waals surface area contributed by atoms with Crippen LogP contribution in [0.15, 0.2) is 254 Å². The first-order chi connectivity index (χ1) is 34.1. The Labute approximate surface area is 411 Å². The van der Waals surface area contributed by atoms with E-state index in [9.17, 15) is 0 Å². The minimum absolute atomic E-state index is 0.162. The zero-order valence-corrected chi connectivity index (χ0v) is 40.1. The van der Waals surface area contributed by atoms with Gasteiger partial charge in [0, 0.05) is 34.0 Å². The highest BCUT2D eigenvalue weighted by molar-refractivity contribution is 5.85. The number of hydrogen-bond acceptors (Lipinski definition) is 2. The molecule has 6 aromatic rings. The maximum Gasteiger partial charge on any atom is 0.0560 e. The maximum absolute atomic E-state index is 2.58. The second kappa shape index (κ2) is 21.5. The summed E-state index contributed by atoms with van der Waals surface area (Å²) in [6, 6.07) is 58.2. The molecular weight excluding hydrogens is 833 g/mol. The van der Waals surface area contributed by atoms with Crippen molar-refractivity contribution in [3.8, 4) is 11.1 Å². The Bertz CT molecular complexity index is 3070. The molecule has 0 spiro atoms. The summed E-state index contributed by atoms with van der Waals surface area (Å²) in [4.78, 5) is 5.06. The Balaban J connectivity index is 1.01. The third kappa shape index (κ3) is 10.1. The predicted octanol–water partition coefficient (Wildman–Crippen LogP) is 18.6. The summed E-state index contributed by atoms with van der Waals surface area (Å²) in [7, 11) is 0. The molecule has 2 heteroatoms. The van der Waals surface area contributed by atoms with Gasteiger partial charge in [0.25, 0.3) is 0 Å². The molecule has 1 atom stereocenters. The zero-order chi connectivity index (χ0) is 46.8. The van der Waals surface area contributed by atoms with Crippen LogP contribution in [0, 0.1) is 0 Å². The lowest BCUT2D eigenvalue weighted by molar-refractivity contribution is 0.785. The first-order valence-electron chi connectivity index (χ1n) is 25.1. The van der Waals surface area contributed by atoms with Gasteiger partial charge in [-0.15, -0.1) is 0 Å². The van der Waals surface area contributed by atoms with Crippen molar-refractivity contribution in [1.29, 1.82) is 0 Å². The Morgan fingerprint density at radius 2 is 1.16 bits per heavy atom. The summed E-state index contributed by atoms with van der Waals surface area (Å²) in [6.45, 7) is 4.31. The van der Waals surface area contributed by atoms with Crippen LogP contribution in [0.5, 0.6) is 0 Å². The Morgan fingerprint density at radius 3 is 1.83 bits per heavy atom. The molecule has 2 nitrogen and oxygen atoms in total. The average molecular weight is 895 g/mol. The Morgan fingerprint density at radius 1 is 0.551 bits per heavy atom. The molecule has 0 saturated carbocycles. The average Bonchev–Trinajstić information content (AvgIpc) is 3.43. The molecule has 0 fully saturated rings. The summed E-state index contributed by atoms with van der Waals surface area (Å²) in [5, 5.41) is 0. The second-order valence-electron chi connectivity index (χ2n) is 18.3. The summed E-state index contributed by atoms with van der Waals surface area (Å²) in [6.07, 6.45) is 38.5. The summed E-state index contributed by atoms with van der Waals surface area (Å²) in [5.41, 5.74) is 21.6. The topological polar surface area (TPSA) is 6.48 Å². The number of anilines is 4. The van der Waals surface area contributed by atoms with Crippen LogP contribution in [0.1, 0.15) is 87.5 Å². The van der Waals surface area contributed by atoms with Crippen LogP contribution in [-0.4, -0.2) is 6.04 Å². The van der Waals surface area contributed by atoms with E-state index in [1.165, 1.54) is 83.9 Å². The third-order valence-electron chi connectivity index (χ3n) is 14.0. The lowest BCUT2D eigenvalue weighted by Crippen LogP contribution is -2.31. The van der Waals surface area contributed by atoms with Gasteiger partial charge in [0.1, 0.15) is 0 Å². The molecule has 0 N–H and O–H groups in total. The lowest BCUT2D eigenvalue weighted by atomic mass is 9.85. The van der Waals surface area contributed by atoms with Crippen molar-refractivity contribution in [2.75, 3.05) is 9.80 Å². The van der Waals surface area contributed by atoms with Crippen LogP contribution < -0.4 is 9.80 Å². The predicted molar refractivity (Wildman–Crippen MR) is 298 cm³/mol. The molecular formula is C67H62N2. The van der Waals surface area contributed by atoms with Crippen molar-refractivity contribution in [3.63, 3.8) is 0 Å². The van der Waals surface area contributed by atoms with E-state index >= 15 is 0 Å². The van der Waals surface area contributed by atoms with Crippen molar-refractivity contribution < 1.29 is 0 Å². The van der Waals surface area contributed by atoms with E-state index in [0.717, 1.165) is 62.7 Å². The summed E-state index contributed by atoms with van der Waals surface area (Å²) in [5.74, 6) is 0. The van der Waals surface area contributed by atoms with Gasteiger partial charge < -0.3 is 9.80 Å². The van der Waals surface area contributed by atoms with E-state index in [2.05, 4.69) is 260 Å². The number of hydrogen-bond donors (Lipinski definition) is 0. The van der Waals surface area contributed by atoms with Crippen molar-refractivity contribution in [1.82, 2.24) is 0 Å². The zero-order valence-electron chi connectivity index (χ0n) is 40.1. The fourth-order valence-corrected chi connectivity index (χ4v) is 10.3. The second-order valence-corrected chi connectivity index (χ2v) is 18.3. The molecule has 1 unspecified atom stereocenters. The SMILES string of the molecule is C/C=C(\C=C/CC)c1ccc(N(C2=C(C3=CC=C(c4ccccc4N(c4ccc(C5=CCCC=C5)cc4)C4C=CC(c5ccccc5)=CC4)CC3)CCC=C2)c2ccc(-c3ccccc3)cc2)cc1. The number of allylic oxidation sites excluding steroid dienone is 17. The fourth-order valence-electron chi connectivity index (χ4n) is 10.3. The largest absolute Gasteiger partial charge is 0.334 e. The van der Waals surface area contributed by atoms with E-state index in [1.807, 2.05) is 0 Å². The van der Waals surface area contributed by atoms with Gasteiger partial charge in [-0.3, -0.25) is 0 Å². The van der Waals surface area contributed by atoms with E-state index < -0.39 is 0 Å². The minimum atomic E-state index is 0.162. The number of benzene rings is 6. The molecule has 0 saturated heterocycles. The van der Waals surface area contributed by atoms with Gasteiger partial charge in [-0.1, -0.05) is 195 Å². The molecule has 0 bridgehead atoms. The van der Waals surface area contributed by atoms with Crippen molar-refractivity contribution in [2.24, 2.45) is 0 Å². The monoisotopic (exact) mass is 894 g/mol. The molecule has 4 aliphatic rings. The maximum atomic E-state index is 2.58. The molecule has 340 valence electrons. The highest BCUT2D eigenvalue weighted by atomic mass is 15.2. The van der Waals surface area contributed by atoms with Gasteiger partial charge in [0.05, 0.1) is 6.04 Å². The van der Waals surface area contributed by atoms with Crippen LogP contribution in [0.25, 0.3) is 33.4 Å². The number of nitrogens with zero attached hydrogens (tertiary/aromatic N) is 2. The first-order valence-corrected chi connectivity index (χ1v) is 25.1. The summed E-state index contributed by atoms with van der Waals surface area (Å²) >= 11 is 0. The normalized spacial score (nSPS) is 17.1. The van der Waals surface area contributed by atoms with E-state index in [4.69, 9.17) is 0 Å². The van der Waals surface area contributed by atoms with Crippen LogP contribution in [-0.2, 0) is 0 Å². The number of rotatable bonds is 14. The molecule has 6 aromatic carbocycles. The third-order valence-corrected chi connectivity index (χ3v) is 14.0. The van der Waals surface area contributed by atoms with Crippen molar-refractivity contribution in [2.45, 2.75) is 71.3 Å². The first kappa shape index (κ1) is 45.1. The smallest absolute Gasteiger partial charge is 0.0560 e.